The van der Waals surface area contributed by atoms with Gasteiger partial charge in [-0.05, 0) is 67.3 Å². The van der Waals surface area contributed by atoms with Crippen molar-refractivity contribution in [2.45, 2.75) is 48.4 Å². The first kappa shape index (κ1) is 26.7. The third-order valence-corrected chi connectivity index (χ3v) is 6.69. The van der Waals surface area contributed by atoms with E-state index < -0.39 is 17.7 Å². The molecule has 32 heavy (non-hydrogen) atoms. The number of hydrogen-bond donors (Lipinski definition) is 1. The quantitative estimate of drug-likeness (QED) is 0.260. The highest BCUT2D eigenvalue weighted by Crippen LogP contribution is 2.37. The van der Waals surface area contributed by atoms with Gasteiger partial charge >= 0.3 is 12.1 Å². The maximum Gasteiger partial charge on any atom is 0.417 e. The molecule has 4 nitrogen and oxygen atoms in total. The van der Waals surface area contributed by atoms with Crippen molar-refractivity contribution in [1.82, 2.24) is 4.31 Å². The number of aryl methyl sites for hydroxylation is 1. The zero-order chi connectivity index (χ0) is 23.9. The standard InChI is InChI=1S/C22H25ClF3NO3S2/c1-4-9-27(32-17-5-7-18(19(23)11-17)22(24,25)26)12-15(3)31-16-6-8-20(14(2)10-16)30-13-21(28)29/h5-8,10-11,15H,4,9,12-13H2,1-3H3,(H,28,29)/t15-/m1/s1. The molecule has 0 spiro atoms. The number of rotatable bonds is 11. The van der Waals surface area contributed by atoms with Gasteiger partial charge in [-0.15, -0.1) is 11.8 Å². The molecule has 0 radical (unpaired) electrons. The molecular weight excluding hydrogens is 483 g/mol. The number of aliphatic carboxylic acids is 1. The fraction of sp³-hybridized carbons (Fsp3) is 0.409. The van der Waals surface area contributed by atoms with Crippen LogP contribution in [0.5, 0.6) is 5.75 Å². The minimum absolute atomic E-state index is 0.198. The fourth-order valence-corrected chi connectivity index (χ4v) is 5.64. The molecule has 0 unspecified atom stereocenters. The summed E-state index contributed by atoms with van der Waals surface area (Å²) in [6.07, 6.45) is -3.58. The Hall–Kier alpha value is -1.55. The van der Waals surface area contributed by atoms with Crippen molar-refractivity contribution < 1.29 is 27.8 Å². The molecule has 0 fully saturated rings. The van der Waals surface area contributed by atoms with Crippen molar-refractivity contribution in [1.29, 1.82) is 0 Å². The van der Waals surface area contributed by atoms with E-state index in [-0.39, 0.29) is 16.9 Å². The van der Waals surface area contributed by atoms with E-state index in [1.807, 2.05) is 26.0 Å². The number of hydrogen-bond acceptors (Lipinski definition) is 5. The topological polar surface area (TPSA) is 49.8 Å². The second kappa shape index (κ2) is 12.1. The van der Waals surface area contributed by atoms with Gasteiger partial charge < -0.3 is 9.84 Å². The molecule has 176 valence electrons. The number of halogens is 4. The molecule has 2 aromatic carbocycles. The lowest BCUT2D eigenvalue weighted by Crippen LogP contribution is -2.24. The largest absolute Gasteiger partial charge is 0.482 e. The summed E-state index contributed by atoms with van der Waals surface area (Å²) in [5.41, 5.74) is 0.0169. The van der Waals surface area contributed by atoms with E-state index >= 15 is 0 Å². The van der Waals surface area contributed by atoms with E-state index in [1.54, 1.807) is 17.8 Å². The Balaban J connectivity index is 2.01. The number of nitrogens with zero attached hydrogens (tertiary/aromatic N) is 1. The monoisotopic (exact) mass is 507 g/mol. The molecule has 0 saturated heterocycles. The molecule has 10 heteroatoms. The number of thioether (sulfide) groups is 1. The van der Waals surface area contributed by atoms with Gasteiger partial charge in [0.1, 0.15) is 5.75 Å². The molecule has 1 atom stereocenters. The summed E-state index contributed by atoms with van der Waals surface area (Å²) in [4.78, 5) is 12.4. The Morgan fingerprint density at radius 1 is 1.22 bits per heavy atom. The maximum absolute atomic E-state index is 12.9. The van der Waals surface area contributed by atoms with Crippen LogP contribution in [0.2, 0.25) is 5.02 Å². The number of ether oxygens (including phenoxy) is 1. The first-order valence-corrected chi connectivity index (χ1v) is 11.9. The number of alkyl halides is 3. The SMILES string of the molecule is CCCN(C[C@@H](C)Sc1ccc(OCC(=O)O)c(C)c1)Sc1ccc(C(F)(F)F)c(Cl)c1. The van der Waals surface area contributed by atoms with Crippen LogP contribution in [0.1, 0.15) is 31.4 Å². The van der Waals surface area contributed by atoms with Gasteiger partial charge in [0.2, 0.25) is 0 Å². The maximum atomic E-state index is 12.9. The zero-order valence-electron chi connectivity index (χ0n) is 17.9. The van der Waals surface area contributed by atoms with Gasteiger partial charge in [-0.2, -0.15) is 13.2 Å². The molecule has 0 heterocycles. The van der Waals surface area contributed by atoms with E-state index in [0.29, 0.717) is 17.2 Å². The van der Waals surface area contributed by atoms with Crippen molar-refractivity contribution in [3.05, 3.63) is 52.5 Å². The van der Waals surface area contributed by atoms with E-state index in [1.165, 1.54) is 24.1 Å². The Morgan fingerprint density at radius 3 is 2.47 bits per heavy atom. The van der Waals surface area contributed by atoms with Gasteiger partial charge in [-0.25, -0.2) is 9.10 Å². The van der Waals surface area contributed by atoms with Crippen molar-refractivity contribution in [3.63, 3.8) is 0 Å². The molecule has 0 bridgehead atoms. The zero-order valence-corrected chi connectivity index (χ0v) is 20.3. The van der Waals surface area contributed by atoms with Crippen LogP contribution in [0, 0.1) is 6.92 Å². The molecule has 0 aliphatic heterocycles. The number of benzene rings is 2. The number of carboxylic acids is 1. The van der Waals surface area contributed by atoms with E-state index in [4.69, 9.17) is 21.4 Å². The predicted octanol–water partition coefficient (Wildman–Crippen LogP) is 7.03. The molecule has 2 rings (SSSR count). The van der Waals surface area contributed by atoms with Gasteiger partial charge in [0.25, 0.3) is 0 Å². The van der Waals surface area contributed by atoms with Crippen molar-refractivity contribution in [2.24, 2.45) is 0 Å². The van der Waals surface area contributed by atoms with E-state index in [9.17, 15) is 18.0 Å². The van der Waals surface area contributed by atoms with Crippen molar-refractivity contribution in [2.75, 3.05) is 19.7 Å². The smallest absolute Gasteiger partial charge is 0.417 e. The van der Waals surface area contributed by atoms with Crippen LogP contribution in [0.15, 0.2) is 46.2 Å². The highest BCUT2D eigenvalue weighted by atomic mass is 35.5. The van der Waals surface area contributed by atoms with Gasteiger partial charge in [0, 0.05) is 28.1 Å². The molecule has 0 aliphatic rings. The van der Waals surface area contributed by atoms with Gasteiger partial charge in [-0.1, -0.05) is 25.4 Å². The summed E-state index contributed by atoms with van der Waals surface area (Å²) >= 11 is 8.91. The lowest BCUT2D eigenvalue weighted by molar-refractivity contribution is -0.139. The second-order valence-electron chi connectivity index (χ2n) is 7.16. The summed E-state index contributed by atoms with van der Waals surface area (Å²) < 4.78 is 46.2. The lowest BCUT2D eigenvalue weighted by Gasteiger charge is -2.24. The van der Waals surface area contributed by atoms with Crippen LogP contribution in [-0.4, -0.2) is 40.3 Å². The molecule has 0 amide bonds. The average Bonchev–Trinajstić information content (AvgIpc) is 2.66. The number of carboxylic acid groups (broad SMARTS) is 1. The van der Waals surface area contributed by atoms with Crippen LogP contribution in [0.4, 0.5) is 13.2 Å². The van der Waals surface area contributed by atoms with Crippen LogP contribution in [0.25, 0.3) is 0 Å². The Bertz CT molecular complexity index is 928. The number of carbonyl (C=O) groups is 1. The highest BCUT2D eigenvalue weighted by molar-refractivity contribution is 8.00. The van der Waals surface area contributed by atoms with Gasteiger partial charge in [0.05, 0.1) is 10.6 Å². The van der Waals surface area contributed by atoms with Crippen LogP contribution in [0.3, 0.4) is 0 Å². The summed E-state index contributed by atoms with van der Waals surface area (Å²) in [7, 11) is 0. The average molecular weight is 508 g/mol. The molecule has 0 aromatic heterocycles. The second-order valence-corrected chi connectivity index (χ2v) is 10.2. The van der Waals surface area contributed by atoms with Crippen LogP contribution >= 0.6 is 35.3 Å². The minimum Gasteiger partial charge on any atom is -0.482 e. The third kappa shape index (κ3) is 8.42. The summed E-state index contributed by atoms with van der Waals surface area (Å²) in [6.45, 7) is 7.08. The summed E-state index contributed by atoms with van der Waals surface area (Å²) in [6, 6.07) is 9.41. The normalized spacial score (nSPS) is 12.8. The first-order chi connectivity index (χ1) is 15.0. The van der Waals surface area contributed by atoms with Gasteiger partial charge in [-0.3, -0.25) is 0 Å². The molecule has 0 saturated carbocycles. The lowest BCUT2D eigenvalue weighted by atomic mass is 10.2. The van der Waals surface area contributed by atoms with E-state index in [0.717, 1.165) is 29.5 Å². The summed E-state index contributed by atoms with van der Waals surface area (Å²) in [5, 5.41) is 8.64. The molecule has 1 N–H and O–H groups in total. The highest BCUT2D eigenvalue weighted by Gasteiger charge is 2.33. The van der Waals surface area contributed by atoms with Crippen molar-refractivity contribution >= 4 is 41.3 Å². The molecular formula is C22H25ClF3NO3S2. The molecule has 0 aliphatic carbocycles. The van der Waals surface area contributed by atoms with Crippen LogP contribution in [-0.2, 0) is 11.0 Å². The molecule has 2 aromatic rings. The van der Waals surface area contributed by atoms with E-state index in [2.05, 4.69) is 11.2 Å². The Kier molecular flexibility index (Phi) is 10.1. The summed E-state index contributed by atoms with van der Waals surface area (Å²) in [5.74, 6) is -0.494. The Labute approximate surface area is 199 Å². The minimum atomic E-state index is -4.47. The fourth-order valence-electron chi connectivity index (χ4n) is 2.91. The Morgan fingerprint density at radius 2 is 1.91 bits per heavy atom. The van der Waals surface area contributed by atoms with Crippen LogP contribution < -0.4 is 4.74 Å². The first-order valence-electron chi connectivity index (χ1n) is 9.91. The van der Waals surface area contributed by atoms with Gasteiger partial charge in [0.15, 0.2) is 6.61 Å². The third-order valence-electron chi connectivity index (χ3n) is 4.25. The predicted molar refractivity (Wildman–Crippen MR) is 124 cm³/mol. The van der Waals surface area contributed by atoms with Crippen molar-refractivity contribution in [3.8, 4) is 5.75 Å².